The van der Waals surface area contributed by atoms with E-state index in [4.69, 9.17) is 9.47 Å². The van der Waals surface area contributed by atoms with E-state index in [-0.39, 0.29) is 6.41 Å². The molecule has 0 amide bonds. The maximum Gasteiger partial charge on any atom is 0.215 e. The summed E-state index contributed by atoms with van der Waals surface area (Å²) in [5.41, 5.74) is 0.641. The maximum atomic E-state index is 5.47. The van der Waals surface area contributed by atoms with E-state index in [1.807, 2.05) is 7.05 Å². The van der Waals surface area contributed by atoms with Gasteiger partial charge < -0.3 is 9.47 Å². The van der Waals surface area contributed by atoms with E-state index in [1.54, 1.807) is 0 Å². The molecule has 1 aliphatic heterocycles. The van der Waals surface area contributed by atoms with Gasteiger partial charge in [0.05, 0.1) is 21.3 Å². The average molecular weight is 189 g/mol. The van der Waals surface area contributed by atoms with Crippen LogP contribution in [0.5, 0.6) is 0 Å². The number of ether oxygens (including phenoxy) is 2. The third-order valence-corrected chi connectivity index (χ3v) is 5.14. The van der Waals surface area contributed by atoms with Crippen LogP contribution in [0, 0.1) is 0 Å². The Morgan fingerprint density at radius 1 is 1.17 bits per heavy atom. The van der Waals surface area contributed by atoms with Crippen molar-refractivity contribution in [3.8, 4) is 0 Å². The fourth-order valence-corrected chi connectivity index (χ4v) is 2.36. The first-order chi connectivity index (χ1) is 5.54. The minimum absolute atomic E-state index is 0.183. The van der Waals surface area contributed by atoms with Crippen LogP contribution in [0.2, 0.25) is 25.2 Å². The van der Waals surface area contributed by atoms with Crippen LogP contribution in [0.3, 0.4) is 0 Å². The Bertz CT molecular complexity index is 138. The van der Waals surface area contributed by atoms with Crippen LogP contribution in [0.1, 0.15) is 0 Å². The van der Waals surface area contributed by atoms with Crippen LogP contribution >= 0.6 is 0 Å². The predicted octanol–water partition coefficient (Wildman–Crippen LogP) is 1.24. The van der Waals surface area contributed by atoms with Gasteiger partial charge in [0.1, 0.15) is 0 Å². The van der Waals surface area contributed by atoms with Crippen LogP contribution in [0.15, 0.2) is 0 Å². The van der Waals surface area contributed by atoms with Gasteiger partial charge in [-0.2, -0.15) is 0 Å². The molecule has 72 valence electrons. The highest BCUT2D eigenvalue weighted by Gasteiger charge is 2.31. The van der Waals surface area contributed by atoms with Crippen molar-refractivity contribution >= 4 is 8.07 Å². The first-order valence-corrected chi connectivity index (χ1v) is 8.02. The fourth-order valence-electron chi connectivity index (χ4n) is 1.17. The molecule has 0 bridgehead atoms. The zero-order valence-electron chi connectivity index (χ0n) is 8.39. The summed E-state index contributed by atoms with van der Waals surface area (Å²) < 4.78 is 10.9. The number of hydrogen-bond donors (Lipinski definition) is 1. The third kappa shape index (κ3) is 2.55. The first kappa shape index (κ1) is 10.2. The average Bonchev–Trinajstić information content (AvgIpc) is 2.03. The zero-order valence-corrected chi connectivity index (χ0v) is 9.39. The molecule has 0 aromatic carbocycles. The largest absolute Gasteiger partial charge is 0.340 e. The van der Waals surface area contributed by atoms with E-state index < -0.39 is 8.07 Å². The molecular weight excluding hydrogens is 170 g/mol. The fraction of sp³-hybridized carbons (Fsp3) is 1.00. The van der Waals surface area contributed by atoms with Gasteiger partial charge in [0.25, 0.3) is 0 Å². The highest BCUT2D eigenvalue weighted by molar-refractivity contribution is 6.77. The highest BCUT2D eigenvalue weighted by atomic mass is 28.3. The molecule has 0 aliphatic carbocycles. The van der Waals surface area contributed by atoms with Gasteiger partial charge in [-0.05, 0) is 7.05 Å². The zero-order chi connectivity index (χ0) is 9.19. The smallest absolute Gasteiger partial charge is 0.215 e. The van der Waals surface area contributed by atoms with E-state index in [1.165, 1.54) is 0 Å². The number of hydrogen-bond acceptors (Lipinski definition) is 3. The monoisotopic (exact) mass is 189 g/mol. The minimum Gasteiger partial charge on any atom is -0.340 e. The van der Waals surface area contributed by atoms with Crippen molar-refractivity contribution in [3.05, 3.63) is 0 Å². The highest BCUT2D eigenvalue weighted by Crippen LogP contribution is 2.26. The van der Waals surface area contributed by atoms with Gasteiger partial charge in [-0.25, -0.2) is 0 Å². The maximum absolute atomic E-state index is 5.47. The third-order valence-electron chi connectivity index (χ3n) is 2.36. The van der Waals surface area contributed by atoms with Gasteiger partial charge >= 0.3 is 0 Å². The molecular formula is C8H19NO2Si. The second-order valence-electron chi connectivity index (χ2n) is 4.35. The topological polar surface area (TPSA) is 30.5 Å². The van der Waals surface area contributed by atoms with E-state index >= 15 is 0 Å². The lowest BCUT2D eigenvalue weighted by atomic mass is 10.4. The summed E-state index contributed by atoms with van der Waals surface area (Å²) in [6.45, 7) is 8.75. The van der Waals surface area contributed by atoms with Crippen LogP contribution < -0.4 is 5.32 Å². The second kappa shape index (κ2) is 3.87. The molecule has 3 nitrogen and oxygen atoms in total. The Labute approximate surface area is 75.4 Å². The molecule has 1 aliphatic rings. The quantitative estimate of drug-likeness (QED) is 0.663. The molecule has 0 aromatic heterocycles. The van der Waals surface area contributed by atoms with Gasteiger partial charge in [-0.1, -0.05) is 19.6 Å². The standard InChI is InChI=1S/C8H19NO2Si/c1-9-8-10-5-7(6-11-8)12(2,3)4/h7-9H,5-6H2,1-4H3. The molecule has 12 heavy (non-hydrogen) atoms. The van der Waals surface area contributed by atoms with Crippen LogP contribution in [0.25, 0.3) is 0 Å². The number of nitrogens with one attached hydrogen (secondary N) is 1. The summed E-state index contributed by atoms with van der Waals surface area (Å²) in [6, 6.07) is 0. The molecule has 1 fully saturated rings. The molecule has 0 saturated carbocycles. The molecule has 0 aromatic rings. The molecule has 0 spiro atoms. The molecule has 4 heteroatoms. The Morgan fingerprint density at radius 2 is 1.67 bits per heavy atom. The van der Waals surface area contributed by atoms with Crippen molar-refractivity contribution in [1.29, 1.82) is 0 Å². The Balaban J connectivity index is 2.36. The van der Waals surface area contributed by atoms with Crippen LogP contribution in [-0.2, 0) is 9.47 Å². The number of rotatable bonds is 2. The first-order valence-electron chi connectivity index (χ1n) is 4.44. The lowest BCUT2D eigenvalue weighted by molar-refractivity contribution is -0.191. The molecule has 0 radical (unpaired) electrons. The Morgan fingerprint density at radius 3 is 2.00 bits per heavy atom. The Hall–Kier alpha value is 0.0969. The minimum atomic E-state index is -1.08. The summed E-state index contributed by atoms with van der Waals surface area (Å²) in [7, 11) is 0.770. The van der Waals surface area contributed by atoms with Crippen molar-refractivity contribution in [2.24, 2.45) is 0 Å². The van der Waals surface area contributed by atoms with Gasteiger partial charge in [0.15, 0.2) is 0 Å². The van der Waals surface area contributed by atoms with E-state index in [2.05, 4.69) is 25.0 Å². The van der Waals surface area contributed by atoms with Gasteiger partial charge in [0, 0.05) is 5.54 Å². The summed E-state index contributed by atoms with van der Waals surface area (Å²) >= 11 is 0. The molecule has 0 unspecified atom stereocenters. The molecule has 1 rings (SSSR count). The Kier molecular flexibility index (Phi) is 3.28. The molecule has 1 N–H and O–H groups in total. The molecule has 0 atom stereocenters. The SMILES string of the molecule is CNC1OCC([Si](C)(C)C)CO1. The lowest BCUT2D eigenvalue weighted by Crippen LogP contribution is -2.44. The summed E-state index contributed by atoms with van der Waals surface area (Å²) in [6.07, 6.45) is -0.183. The molecule has 1 heterocycles. The summed E-state index contributed by atoms with van der Waals surface area (Å²) in [5, 5.41) is 2.95. The predicted molar refractivity (Wildman–Crippen MR) is 51.8 cm³/mol. The van der Waals surface area contributed by atoms with Crippen molar-refractivity contribution in [3.63, 3.8) is 0 Å². The van der Waals surface area contributed by atoms with Crippen molar-refractivity contribution in [2.75, 3.05) is 20.3 Å². The van der Waals surface area contributed by atoms with Crippen molar-refractivity contribution in [1.82, 2.24) is 5.32 Å². The van der Waals surface area contributed by atoms with E-state index in [9.17, 15) is 0 Å². The van der Waals surface area contributed by atoms with Gasteiger partial charge in [-0.15, -0.1) is 0 Å². The van der Waals surface area contributed by atoms with Gasteiger partial charge in [-0.3, -0.25) is 5.32 Å². The normalized spacial score (nSPS) is 32.0. The van der Waals surface area contributed by atoms with E-state index in [0.717, 1.165) is 13.2 Å². The second-order valence-corrected chi connectivity index (χ2v) is 9.90. The van der Waals surface area contributed by atoms with Crippen LogP contribution in [0.4, 0.5) is 0 Å². The molecule has 1 saturated heterocycles. The van der Waals surface area contributed by atoms with Crippen LogP contribution in [-0.4, -0.2) is 34.7 Å². The van der Waals surface area contributed by atoms with Crippen molar-refractivity contribution in [2.45, 2.75) is 31.6 Å². The van der Waals surface area contributed by atoms with Crippen molar-refractivity contribution < 1.29 is 9.47 Å². The summed E-state index contributed by atoms with van der Waals surface area (Å²) in [4.78, 5) is 0. The lowest BCUT2D eigenvalue weighted by Gasteiger charge is -2.35. The summed E-state index contributed by atoms with van der Waals surface area (Å²) in [5.74, 6) is 0. The van der Waals surface area contributed by atoms with Gasteiger partial charge in [0.2, 0.25) is 6.41 Å². The van der Waals surface area contributed by atoms with E-state index in [0.29, 0.717) is 5.54 Å².